The zero-order chi connectivity index (χ0) is 37.3. The molecule has 0 aromatic heterocycles. The minimum Gasteiger partial charge on any atom is -0.311 e. The Kier molecular flexibility index (Phi) is 7.33. The summed E-state index contributed by atoms with van der Waals surface area (Å²) in [5.74, 6) is -0.292. The smallest absolute Gasteiger partial charge is 0.246 e. The van der Waals surface area contributed by atoms with Crippen molar-refractivity contribution in [3.63, 3.8) is 0 Å². The van der Waals surface area contributed by atoms with E-state index in [0.29, 0.717) is 22.3 Å². The summed E-state index contributed by atoms with van der Waals surface area (Å²) < 4.78 is 0. The molecule has 8 aromatic carbocycles. The van der Waals surface area contributed by atoms with Crippen LogP contribution in [0.4, 0.5) is 34.1 Å². The first-order valence-electron chi connectivity index (χ1n) is 19.1. The molecule has 4 nitrogen and oxygen atoms in total. The van der Waals surface area contributed by atoms with Crippen molar-refractivity contribution in [1.29, 1.82) is 0 Å². The van der Waals surface area contributed by atoms with Gasteiger partial charge in [-0.1, -0.05) is 144 Å². The number of anilines is 6. The number of hydrogen-bond donors (Lipinski definition) is 0. The summed E-state index contributed by atoms with van der Waals surface area (Å²) in [6, 6.07) is 66.6. The van der Waals surface area contributed by atoms with Crippen LogP contribution in [-0.2, 0) is 0 Å². The van der Waals surface area contributed by atoms with Crippen LogP contribution in [0.5, 0.6) is 0 Å². The standard InChI is InChI=1S/C50H32B2N2O2/c55-49-38-30-28-36(54-47-25-13-9-21-43(47)52(34-17-5-2-6-18-34)44-22-10-14-26-48(44)54)32-40(38)50(56)37-29-27-35(31-39(37)49)53-45-23-11-7-19-41(45)51(33-15-3-1-4-16-33)42-20-8-12-24-46(42)53/h1-32H. The fourth-order valence-electron chi connectivity index (χ4n) is 9.31. The third-order valence-electron chi connectivity index (χ3n) is 11.7. The van der Waals surface area contributed by atoms with E-state index >= 15 is 0 Å². The maximum Gasteiger partial charge on any atom is 0.246 e. The lowest BCUT2D eigenvalue weighted by atomic mass is 9.35. The Bertz CT molecular complexity index is 2600. The highest BCUT2D eigenvalue weighted by molar-refractivity contribution is 6.98. The van der Waals surface area contributed by atoms with Crippen LogP contribution >= 0.6 is 0 Å². The average molecular weight is 714 g/mol. The van der Waals surface area contributed by atoms with Gasteiger partial charge in [0.25, 0.3) is 0 Å². The Labute approximate surface area is 326 Å². The third-order valence-corrected chi connectivity index (χ3v) is 11.7. The summed E-state index contributed by atoms with van der Waals surface area (Å²) >= 11 is 0. The lowest BCUT2D eigenvalue weighted by Crippen LogP contribution is -2.57. The number of carbonyl (C=O) groups excluding carboxylic acids is 2. The first-order chi connectivity index (χ1) is 27.7. The predicted molar refractivity (Wildman–Crippen MR) is 231 cm³/mol. The SMILES string of the molecule is O=C1c2ccc(N3c4ccccc4B(c4ccccc4)c4ccccc43)cc2C(=O)c2ccc(N3c4ccccc4B(c4ccccc4)c4ccccc43)cc21. The number of benzene rings is 8. The fraction of sp³-hybridized carbons (Fsp3) is 0. The molecule has 0 fully saturated rings. The van der Waals surface area contributed by atoms with Crippen molar-refractivity contribution in [1.82, 2.24) is 0 Å². The van der Waals surface area contributed by atoms with E-state index in [2.05, 4.69) is 155 Å². The van der Waals surface area contributed by atoms with Crippen LogP contribution in [-0.4, -0.2) is 25.0 Å². The lowest BCUT2D eigenvalue weighted by Gasteiger charge is -2.37. The number of fused-ring (bicyclic) bond motifs is 6. The molecule has 0 saturated carbocycles. The minimum atomic E-state index is -0.146. The van der Waals surface area contributed by atoms with Crippen molar-refractivity contribution in [2.24, 2.45) is 0 Å². The van der Waals surface area contributed by atoms with Gasteiger partial charge in [0.1, 0.15) is 0 Å². The molecule has 260 valence electrons. The molecule has 0 radical (unpaired) electrons. The van der Waals surface area contributed by atoms with Gasteiger partial charge >= 0.3 is 0 Å². The van der Waals surface area contributed by atoms with Crippen LogP contribution in [0.15, 0.2) is 194 Å². The quantitative estimate of drug-likeness (QED) is 0.183. The molecule has 56 heavy (non-hydrogen) atoms. The molecule has 3 aliphatic rings. The second-order valence-electron chi connectivity index (χ2n) is 14.7. The first-order valence-corrected chi connectivity index (χ1v) is 19.1. The van der Waals surface area contributed by atoms with Gasteiger partial charge in [0.2, 0.25) is 13.4 Å². The van der Waals surface area contributed by atoms with Crippen molar-refractivity contribution < 1.29 is 9.59 Å². The summed E-state index contributed by atoms with van der Waals surface area (Å²) in [4.78, 5) is 33.5. The second kappa shape index (κ2) is 12.7. The van der Waals surface area contributed by atoms with E-state index in [1.54, 1.807) is 0 Å². The molecule has 0 bridgehead atoms. The van der Waals surface area contributed by atoms with Crippen LogP contribution in [0.3, 0.4) is 0 Å². The molecule has 0 saturated heterocycles. The molecule has 0 N–H and O–H groups in total. The molecule has 0 unspecified atom stereocenters. The molecule has 2 aliphatic heterocycles. The van der Waals surface area contributed by atoms with Gasteiger partial charge in [0.05, 0.1) is 0 Å². The Hall–Kier alpha value is -7.17. The van der Waals surface area contributed by atoms with Crippen LogP contribution in [0.25, 0.3) is 0 Å². The predicted octanol–water partition coefficient (Wildman–Crippen LogP) is 7.06. The summed E-state index contributed by atoms with van der Waals surface area (Å²) in [7, 11) is 0. The monoisotopic (exact) mass is 714 g/mol. The maximum atomic E-state index is 14.5. The Morgan fingerprint density at radius 2 is 0.607 bits per heavy atom. The van der Waals surface area contributed by atoms with Crippen molar-refractivity contribution in [2.45, 2.75) is 0 Å². The van der Waals surface area contributed by atoms with Gasteiger partial charge in [-0.2, -0.15) is 0 Å². The number of nitrogens with zero attached hydrogens (tertiary/aromatic N) is 2. The highest BCUT2D eigenvalue weighted by Crippen LogP contribution is 2.41. The van der Waals surface area contributed by atoms with E-state index in [1.165, 1.54) is 32.8 Å². The van der Waals surface area contributed by atoms with Gasteiger partial charge in [-0.3, -0.25) is 9.59 Å². The van der Waals surface area contributed by atoms with Crippen molar-refractivity contribution in [2.75, 3.05) is 9.80 Å². The van der Waals surface area contributed by atoms with Crippen LogP contribution in [0, 0.1) is 0 Å². The fourth-order valence-corrected chi connectivity index (χ4v) is 9.31. The number of para-hydroxylation sites is 4. The van der Waals surface area contributed by atoms with E-state index in [4.69, 9.17) is 0 Å². The van der Waals surface area contributed by atoms with Gasteiger partial charge in [0.15, 0.2) is 11.6 Å². The Balaban J connectivity index is 1.00. The summed E-state index contributed by atoms with van der Waals surface area (Å²) in [6.07, 6.45) is 0. The topological polar surface area (TPSA) is 40.6 Å². The second-order valence-corrected chi connectivity index (χ2v) is 14.7. The molecule has 11 rings (SSSR count). The van der Waals surface area contributed by atoms with E-state index in [0.717, 1.165) is 34.1 Å². The van der Waals surface area contributed by atoms with E-state index < -0.39 is 0 Å². The number of ketones is 2. The van der Waals surface area contributed by atoms with Crippen molar-refractivity contribution >= 4 is 91.9 Å². The average Bonchev–Trinajstić information content (AvgIpc) is 3.26. The molecule has 8 aromatic rings. The highest BCUT2D eigenvalue weighted by atomic mass is 16.1. The van der Waals surface area contributed by atoms with Gasteiger partial charge in [-0.05, 0) is 82.5 Å². The van der Waals surface area contributed by atoms with Gasteiger partial charge in [-0.15, -0.1) is 0 Å². The maximum absolute atomic E-state index is 14.5. The van der Waals surface area contributed by atoms with E-state index in [9.17, 15) is 9.59 Å². The molecule has 2 heterocycles. The number of hydrogen-bond acceptors (Lipinski definition) is 4. The highest BCUT2D eigenvalue weighted by Gasteiger charge is 2.38. The Morgan fingerprint density at radius 1 is 0.304 bits per heavy atom. The summed E-state index contributed by atoms with van der Waals surface area (Å²) in [6.45, 7) is 0.120. The molecule has 0 spiro atoms. The molecule has 6 heteroatoms. The zero-order valence-corrected chi connectivity index (χ0v) is 30.3. The molecular formula is C50H32B2N2O2. The van der Waals surface area contributed by atoms with Gasteiger partial charge in [0, 0.05) is 56.4 Å². The van der Waals surface area contributed by atoms with Crippen LogP contribution < -0.4 is 42.6 Å². The third kappa shape index (κ3) is 4.82. The van der Waals surface area contributed by atoms with Crippen LogP contribution in [0.2, 0.25) is 0 Å². The largest absolute Gasteiger partial charge is 0.311 e. The summed E-state index contributed by atoms with van der Waals surface area (Å²) in [5, 5.41) is 0. The molecule has 0 atom stereocenters. The molecule has 0 amide bonds. The molecular weight excluding hydrogens is 682 g/mol. The zero-order valence-electron chi connectivity index (χ0n) is 30.3. The van der Waals surface area contributed by atoms with E-state index in [1.807, 2.05) is 48.5 Å². The van der Waals surface area contributed by atoms with Gasteiger partial charge < -0.3 is 9.80 Å². The van der Waals surface area contributed by atoms with Gasteiger partial charge in [-0.25, -0.2) is 0 Å². The molecule has 1 aliphatic carbocycles. The lowest BCUT2D eigenvalue weighted by molar-refractivity contribution is 0.0979. The minimum absolute atomic E-state index is 0.0600. The van der Waals surface area contributed by atoms with Crippen molar-refractivity contribution in [3.8, 4) is 0 Å². The normalized spacial score (nSPS) is 13.6. The first kappa shape index (κ1) is 32.3. The summed E-state index contributed by atoms with van der Waals surface area (Å²) in [5.41, 5.74) is 14.8. The number of rotatable bonds is 4. The van der Waals surface area contributed by atoms with Crippen LogP contribution in [0.1, 0.15) is 31.8 Å². The van der Waals surface area contributed by atoms with Crippen molar-refractivity contribution in [3.05, 3.63) is 216 Å². The Morgan fingerprint density at radius 3 is 0.946 bits per heavy atom. The number of carbonyl (C=O) groups is 2. The van der Waals surface area contributed by atoms with E-state index in [-0.39, 0.29) is 25.0 Å².